The van der Waals surface area contributed by atoms with Gasteiger partial charge >= 0.3 is 0 Å². The molecule has 0 amide bonds. The van der Waals surface area contributed by atoms with Crippen LogP contribution in [0.2, 0.25) is 0 Å². The van der Waals surface area contributed by atoms with Gasteiger partial charge in [-0.3, -0.25) is 0 Å². The maximum absolute atomic E-state index is 9.05. The molecule has 0 spiro atoms. The monoisotopic (exact) mass is 232 g/mol. The molecule has 1 aromatic rings. The van der Waals surface area contributed by atoms with Gasteiger partial charge in [0.25, 0.3) is 0 Å². The first-order chi connectivity index (χ1) is 8.19. The number of nitriles is 1. The van der Waals surface area contributed by atoms with E-state index in [-0.39, 0.29) is 0 Å². The summed E-state index contributed by atoms with van der Waals surface area (Å²) in [6, 6.07) is 5.81. The van der Waals surface area contributed by atoms with Crippen molar-refractivity contribution in [3.63, 3.8) is 0 Å². The van der Waals surface area contributed by atoms with Gasteiger partial charge < -0.3 is 9.80 Å². The smallest absolute Gasteiger partial charge is 0.146 e. The predicted octanol–water partition coefficient (Wildman–Crippen LogP) is 1.73. The molecule has 4 nitrogen and oxygen atoms in total. The number of anilines is 1. The Morgan fingerprint density at radius 1 is 1.35 bits per heavy atom. The van der Waals surface area contributed by atoms with Gasteiger partial charge in [-0.25, -0.2) is 4.98 Å². The summed E-state index contributed by atoms with van der Waals surface area (Å²) in [4.78, 5) is 8.63. The van der Waals surface area contributed by atoms with Crippen molar-refractivity contribution in [2.45, 2.75) is 13.3 Å². The molecule has 0 aliphatic carbocycles. The van der Waals surface area contributed by atoms with E-state index in [2.05, 4.69) is 41.9 Å². The second-order valence-corrected chi connectivity index (χ2v) is 4.22. The third kappa shape index (κ3) is 4.04. The molecule has 0 atom stereocenters. The minimum atomic E-state index is 0.652. The zero-order valence-corrected chi connectivity index (χ0v) is 10.8. The molecule has 1 rings (SSSR count). The Bertz CT molecular complexity index is 381. The van der Waals surface area contributed by atoms with Crippen molar-refractivity contribution in [2.75, 3.05) is 38.6 Å². The maximum atomic E-state index is 9.05. The van der Waals surface area contributed by atoms with E-state index in [9.17, 15) is 0 Å². The molecule has 0 bridgehead atoms. The van der Waals surface area contributed by atoms with E-state index < -0.39 is 0 Å². The summed E-state index contributed by atoms with van der Waals surface area (Å²) in [6.07, 6.45) is 2.81. The Morgan fingerprint density at radius 2 is 2.12 bits per heavy atom. The van der Waals surface area contributed by atoms with Gasteiger partial charge in [0.15, 0.2) is 0 Å². The van der Waals surface area contributed by atoms with E-state index in [1.807, 2.05) is 6.07 Å². The number of aromatic nitrogens is 1. The first-order valence-corrected chi connectivity index (χ1v) is 5.93. The van der Waals surface area contributed by atoms with Crippen LogP contribution in [0.15, 0.2) is 18.3 Å². The molecule has 92 valence electrons. The first kappa shape index (κ1) is 13.5. The molecule has 0 fully saturated rings. The molecule has 0 unspecified atom stereocenters. The Kier molecular flexibility index (Phi) is 5.44. The van der Waals surface area contributed by atoms with Crippen LogP contribution in [0.1, 0.15) is 18.9 Å². The van der Waals surface area contributed by atoms with Gasteiger partial charge in [0, 0.05) is 19.3 Å². The number of hydrogen-bond acceptors (Lipinski definition) is 4. The molecule has 0 saturated heterocycles. The molecule has 0 aliphatic heterocycles. The largest absolute Gasteiger partial charge is 0.356 e. The van der Waals surface area contributed by atoms with Crippen molar-refractivity contribution < 1.29 is 0 Å². The van der Waals surface area contributed by atoms with Crippen molar-refractivity contribution in [1.82, 2.24) is 9.88 Å². The van der Waals surface area contributed by atoms with Crippen LogP contribution in [0, 0.1) is 11.3 Å². The Labute approximate surface area is 103 Å². The number of rotatable bonds is 6. The predicted molar refractivity (Wildman–Crippen MR) is 70.0 cm³/mol. The third-order valence-electron chi connectivity index (χ3n) is 2.62. The second kappa shape index (κ2) is 6.87. The molecule has 0 N–H and O–H groups in total. The highest BCUT2D eigenvalue weighted by atomic mass is 15.2. The molecule has 0 aliphatic rings. The second-order valence-electron chi connectivity index (χ2n) is 4.22. The van der Waals surface area contributed by atoms with Gasteiger partial charge in [-0.2, -0.15) is 5.26 Å². The fourth-order valence-corrected chi connectivity index (χ4v) is 1.73. The lowest BCUT2D eigenvalue weighted by atomic mass is 10.2. The highest BCUT2D eigenvalue weighted by Gasteiger charge is 2.10. The molecule has 0 saturated carbocycles. The highest BCUT2D eigenvalue weighted by Crippen LogP contribution is 2.15. The van der Waals surface area contributed by atoms with Crippen LogP contribution in [0.3, 0.4) is 0 Å². The Hall–Kier alpha value is -1.60. The molecular weight excluding hydrogens is 212 g/mol. The summed E-state index contributed by atoms with van der Waals surface area (Å²) in [5.41, 5.74) is 0.652. The summed E-state index contributed by atoms with van der Waals surface area (Å²) in [7, 11) is 4.13. The fourth-order valence-electron chi connectivity index (χ4n) is 1.73. The van der Waals surface area contributed by atoms with Crippen LogP contribution in [0.25, 0.3) is 0 Å². The summed E-state index contributed by atoms with van der Waals surface area (Å²) < 4.78 is 0. The molecule has 1 aromatic heterocycles. The van der Waals surface area contributed by atoms with Crippen LogP contribution in [0.5, 0.6) is 0 Å². The van der Waals surface area contributed by atoms with Crippen LogP contribution in [-0.2, 0) is 0 Å². The molecular formula is C13H20N4. The zero-order chi connectivity index (χ0) is 12.7. The highest BCUT2D eigenvalue weighted by molar-refractivity contribution is 5.53. The minimum absolute atomic E-state index is 0.652. The molecule has 17 heavy (non-hydrogen) atoms. The molecule has 4 heteroatoms. The quantitative estimate of drug-likeness (QED) is 0.749. The van der Waals surface area contributed by atoms with Gasteiger partial charge in [0.2, 0.25) is 0 Å². The normalized spacial score (nSPS) is 10.3. The molecule has 0 aromatic carbocycles. The van der Waals surface area contributed by atoms with Crippen molar-refractivity contribution in [2.24, 2.45) is 0 Å². The van der Waals surface area contributed by atoms with E-state index in [0.717, 1.165) is 31.9 Å². The zero-order valence-electron chi connectivity index (χ0n) is 10.8. The summed E-state index contributed by atoms with van der Waals surface area (Å²) in [5.74, 6) is 0.802. The first-order valence-electron chi connectivity index (χ1n) is 5.93. The van der Waals surface area contributed by atoms with Gasteiger partial charge in [-0.05, 0) is 46.1 Å². The van der Waals surface area contributed by atoms with Crippen LogP contribution < -0.4 is 4.90 Å². The lowest BCUT2D eigenvalue weighted by Crippen LogP contribution is -2.28. The van der Waals surface area contributed by atoms with Gasteiger partial charge in [-0.15, -0.1) is 0 Å². The number of nitrogens with zero attached hydrogens (tertiary/aromatic N) is 4. The van der Waals surface area contributed by atoms with E-state index >= 15 is 0 Å². The van der Waals surface area contributed by atoms with Crippen LogP contribution in [0.4, 0.5) is 5.82 Å². The summed E-state index contributed by atoms with van der Waals surface area (Å²) in [6.45, 7) is 4.94. The fraction of sp³-hybridized carbons (Fsp3) is 0.538. The maximum Gasteiger partial charge on any atom is 0.146 e. The van der Waals surface area contributed by atoms with Crippen molar-refractivity contribution in [3.8, 4) is 6.07 Å². The van der Waals surface area contributed by atoms with Crippen molar-refractivity contribution in [1.29, 1.82) is 5.26 Å². The van der Waals surface area contributed by atoms with Gasteiger partial charge in [-0.1, -0.05) is 0 Å². The Morgan fingerprint density at radius 3 is 2.71 bits per heavy atom. The van der Waals surface area contributed by atoms with E-state index in [1.165, 1.54) is 0 Å². The molecule has 0 radical (unpaired) electrons. The third-order valence-corrected chi connectivity index (χ3v) is 2.62. The average molecular weight is 232 g/mol. The lowest BCUT2D eigenvalue weighted by molar-refractivity contribution is 0.400. The standard InChI is InChI=1S/C13H20N4/c1-4-17(10-6-9-16(2)3)13-12(11-14)7-5-8-15-13/h5,7-8H,4,6,9-10H2,1-3H3. The average Bonchev–Trinajstić information content (AvgIpc) is 2.34. The Balaban J connectivity index is 2.70. The van der Waals surface area contributed by atoms with Crippen molar-refractivity contribution >= 4 is 5.82 Å². The number of pyridine rings is 1. The number of hydrogen-bond donors (Lipinski definition) is 0. The minimum Gasteiger partial charge on any atom is -0.356 e. The molecule has 1 heterocycles. The summed E-state index contributed by atoms with van der Waals surface area (Å²) in [5, 5.41) is 9.05. The van der Waals surface area contributed by atoms with E-state index in [1.54, 1.807) is 12.3 Å². The van der Waals surface area contributed by atoms with Crippen molar-refractivity contribution in [3.05, 3.63) is 23.9 Å². The van der Waals surface area contributed by atoms with E-state index in [0.29, 0.717) is 5.56 Å². The van der Waals surface area contributed by atoms with Gasteiger partial charge in [0.05, 0.1) is 5.56 Å². The SMILES string of the molecule is CCN(CCCN(C)C)c1ncccc1C#N. The summed E-state index contributed by atoms with van der Waals surface area (Å²) >= 11 is 0. The topological polar surface area (TPSA) is 43.2 Å². The van der Waals surface area contributed by atoms with Crippen LogP contribution in [-0.4, -0.2) is 43.6 Å². The van der Waals surface area contributed by atoms with Crippen LogP contribution >= 0.6 is 0 Å². The van der Waals surface area contributed by atoms with E-state index in [4.69, 9.17) is 5.26 Å². The lowest BCUT2D eigenvalue weighted by Gasteiger charge is -2.23. The van der Waals surface area contributed by atoms with Gasteiger partial charge in [0.1, 0.15) is 11.9 Å².